The third-order valence-electron chi connectivity index (χ3n) is 3.95. The lowest BCUT2D eigenvalue weighted by Crippen LogP contribution is -2.51. The van der Waals surface area contributed by atoms with Gasteiger partial charge in [0.1, 0.15) is 5.37 Å². The normalized spacial score (nSPS) is 20.7. The first-order valence-corrected chi connectivity index (χ1v) is 10.5. The molecule has 1 aliphatic rings. The quantitative estimate of drug-likeness (QED) is 0.842. The summed E-state index contributed by atoms with van der Waals surface area (Å²) in [4.78, 5) is 14.2. The van der Waals surface area contributed by atoms with E-state index in [4.69, 9.17) is 0 Å². The molecule has 0 spiro atoms. The molecule has 2 rings (SSSR count). The van der Waals surface area contributed by atoms with Gasteiger partial charge in [0.25, 0.3) is 0 Å². The van der Waals surface area contributed by atoms with Crippen LogP contribution in [-0.4, -0.2) is 48.9 Å². The number of benzene rings is 1. The number of thioether (sulfide) groups is 1. The Morgan fingerprint density at radius 3 is 2.59 bits per heavy atom. The Morgan fingerprint density at radius 1 is 1.36 bits per heavy atom. The van der Waals surface area contributed by atoms with Crippen LogP contribution in [0.15, 0.2) is 24.3 Å². The van der Waals surface area contributed by atoms with E-state index in [9.17, 15) is 13.2 Å². The minimum Gasteiger partial charge on any atom is -0.324 e. The van der Waals surface area contributed by atoms with Gasteiger partial charge in [0.2, 0.25) is 5.91 Å². The van der Waals surface area contributed by atoms with Crippen LogP contribution in [0, 0.1) is 12.8 Å². The zero-order valence-corrected chi connectivity index (χ0v) is 14.9. The summed E-state index contributed by atoms with van der Waals surface area (Å²) < 4.78 is 23.8. The highest BCUT2D eigenvalue weighted by molar-refractivity contribution is 8.00. The summed E-state index contributed by atoms with van der Waals surface area (Å²) in [5, 5.41) is -0.681. The van der Waals surface area contributed by atoms with Crippen molar-refractivity contribution in [3.8, 4) is 0 Å². The van der Waals surface area contributed by atoms with Crippen LogP contribution >= 0.6 is 11.8 Å². The number of carbonyl (C=O) groups excluding carboxylic acids is 1. The molecule has 0 bridgehead atoms. The average molecular weight is 341 g/mol. The Balaban J connectivity index is 2.09. The van der Waals surface area contributed by atoms with E-state index in [0.717, 1.165) is 11.3 Å². The molecular formula is C16H23NO3S2. The van der Waals surface area contributed by atoms with Gasteiger partial charge in [0.15, 0.2) is 9.84 Å². The van der Waals surface area contributed by atoms with Gasteiger partial charge in [-0.05, 0) is 18.9 Å². The summed E-state index contributed by atoms with van der Waals surface area (Å²) in [5.41, 5.74) is 2.29. The summed E-state index contributed by atoms with van der Waals surface area (Å²) in [6.45, 7) is 4.42. The fraction of sp³-hybridized carbons (Fsp3) is 0.562. The molecule has 1 aliphatic heterocycles. The maximum Gasteiger partial charge on any atom is 0.226 e. The number of carbonyl (C=O) groups is 1. The molecule has 1 aromatic carbocycles. The third-order valence-corrected chi connectivity index (χ3v) is 6.59. The molecule has 1 heterocycles. The van der Waals surface area contributed by atoms with Gasteiger partial charge in [-0.3, -0.25) is 4.79 Å². The van der Waals surface area contributed by atoms with Crippen molar-refractivity contribution in [1.29, 1.82) is 0 Å². The first-order chi connectivity index (χ1) is 10.3. The van der Waals surface area contributed by atoms with Crippen molar-refractivity contribution in [2.75, 3.05) is 24.3 Å². The Bertz CT molecular complexity index is 625. The van der Waals surface area contributed by atoms with Gasteiger partial charge in [-0.2, -0.15) is 11.8 Å². The van der Waals surface area contributed by atoms with Crippen LogP contribution in [0.4, 0.5) is 0 Å². The molecule has 22 heavy (non-hydrogen) atoms. The Morgan fingerprint density at radius 2 is 2.00 bits per heavy atom. The SMILES string of the molecule is Cc1ccc(CC(C)C(=O)N2CCSCC2S(C)(=O)=O)cc1. The Kier molecular flexibility index (Phi) is 5.55. The Labute approximate surface area is 137 Å². The van der Waals surface area contributed by atoms with Crippen LogP contribution in [0.25, 0.3) is 0 Å². The average Bonchev–Trinajstić information content (AvgIpc) is 2.48. The van der Waals surface area contributed by atoms with Crippen molar-refractivity contribution in [3.05, 3.63) is 35.4 Å². The standard InChI is InChI=1S/C16H23NO3S2/c1-12-4-6-14(7-5-12)10-13(2)16(18)17-8-9-21-11-15(17)22(3,19)20/h4-7,13,15H,8-11H2,1-3H3. The van der Waals surface area contributed by atoms with Gasteiger partial charge in [-0.15, -0.1) is 0 Å². The molecule has 6 heteroatoms. The van der Waals surface area contributed by atoms with E-state index in [0.29, 0.717) is 18.7 Å². The van der Waals surface area contributed by atoms with E-state index >= 15 is 0 Å². The number of sulfone groups is 1. The fourth-order valence-electron chi connectivity index (χ4n) is 2.64. The number of rotatable bonds is 4. The van der Waals surface area contributed by atoms with Crippen LogP contribution in [0.2, 0.25) is 0 Å². The van der Waals surface area contributed by atoms with E-state index in [1.54, 1.807) is 16.7 Å². The number of amides is 1. The first-order valence-electron chi connectivity index (χ1n) is 7.41. The number of hydrogen-bond acceptors (Lipinski definition) is 4. The van der Waals surface area contributed by atoms with Crippen LogP contribution in [0.5, 0.6) is 0 Å². The minimum absolute atomic E-state index is 0.0590. The van der Waals surface area contributed by atoms with Crippen LogP contribution in [0.1, 0.15) is 18.1 Å². The zero-order valence-electron chi connectivity index (χ0n) is 13.3. The molecule has 1 amide bonds. The first kappa shape index (κ1) is 17.3. The van der Waals surface area contributed by atoms with Crippen LogP contribution in [-0.2, 0) is 21.1 Å². The van der Waals surface area contributed by atoms with Gasteiger partial charge in [0.05, 0.1) is 0 Å². The second kappa shape index (κ2) is 7.04. The van der Waals surface area contributed by atoms with Gasteiger partial charge in [0, 0.05) is 30.2 Å². The molecule has 2 unspecified atom stereocenters. The highest BCUT2D eigenvalue weighted by Crippen LogP contribution is 2.23. The van der Waals surface area contributed by atoms with Crippen molar-refractivity contribution in [1.82, 2.24) is 4.90 Å². The summed E-state index contributed by atoms with van der Waals surface area (Å²) in [6, 6.07) is 8.12. The minimum atomic E-state index is -3.25. The lowest BCUT2D eigenvalue weighted by molar-refractivity contribution is -0.135. The highest BCUT2D eigenvalue weighted by Gasteiger charge is 2.35. The smallest absolute Gasteiger partial charge is 0.226 e. The van der Waals surface area contributed by atoms with Gasteiger partial charge in [-0.25, -0.2) is 8.42 Å². The van der Waals surface area contributed by atoms with Gasteiger partial charge >= 0.3 is 0 Å². The van der Waals surface area contributed by atoms with E-state index in [2.05, 4.69) is 0 Å². The molecular weight excluding hydrogens is 318 g/mol. The predicted molar refractivity (Wildman–Crippen MR) is 91.7 cm³/mol. The highest BCUT2D eigenvalue weighted by atomic mass is 32.2. The van der Waals surface area contributed by atoms with E-state index in [1.807, 2.05) is 38.1 Å². The second-order valence-electron chi connectivity index (χ2n) is 5.98. The maximum atomic E-state index is 12.7. The fourth-order valence-corrected chi connectivity index (χ4v) is 5.46. The molecule has 0 aromatic heterocycles. The largest absolute Gasteiger partial charge is 0.324 e. The van der Waals surface area contributed by atoms with Crippen LogP contribution < -0.4 is 0 Å². The molecule has 1 aromatic rings. The van der Waals surface area contributed by atoms with Crippen molar-refractivity contribution in [2.45, 2.75) is 25.6 Å². The lowest BCUT2D eigenvalue weighted by Gasteiger charge is -2.35. The number of nitrogens with zero attached hydrogens (tertiary/aromatic N) is 1. The third kappa shape index (κ3) is 4.26. The van der Waals surface area contributed by atoms with Gasteiger partial charge in [-0.1, -0.05) is 36.8 Å². The number of hydrogen-bond donors (Lipinski definition) is 0. The summed E-state index contributed by atoms with van der Waals surface area (Å²) >= 11 is 1.60. The van der Waals surface area contributed by atoms with Crippen LogP contribution in [0.3, 0.4) is 0 Å². The predicted octanol–water partition coefficient (Wildman–Crippen LogP) is 2.12. The molecule has 4 nitrogen and oxygen atoms in total. The molecule has 1 fully saturated rings. The number of aryl methyl sites for hydroxylation is 1. The molecule has 0 N–H and O–H groups in total. The van der Waals surface area contributed by atoms with Crippen molar-refractivity contribution in [3.63, 3.8) is 0 Å². The maximum absolute atomic E-state index is 12.7. The zero-order chi connectivity index (χ0) is 16.3. The molecule has 2 atom stereocenters. The van der Waals surface area contributed by atoms with Crippen molar-refractivity contribution in [2.24, 2.45) is 5.92 Å². The second-order valence-corrected chi connectivity index (χ2v) is 9.33. The van der Waals surface area contributed by atoms with Gasteiger partial charge < -0.3 is 4.90 Å². The molecule has 0 saturated carbocycles. The van der Waals surface area contributed by atoms with E-state index < -0.39 is 15.2 Å². The summed E-state index contributed by atoms with van der Waals surface area (Å²) in [5.74, 6) is 1.00. The lowest BCUT2D eigenvalue weighted by atomic mass is 9.99. The topological polar surface area (TPSA) is 54.5 Å². The summed E-state index contributed by atoms with van der Waals surface area (Å²) in [7, 11) is -3.25. The molecule has 122 valence electrons. The monoisotopic (exact) mass is 341 g/mol. The molecule has 0 aliphatic carbocycles. The summed E-state index contributed by atoms with van der Waals surface area (Å²) in [6.07, 6.45) is 1.85. The van der Waals surface area contributed by atoms with E-state index in [-0.39, 0.29) is 11.8 Å². The van der Waals surface area contributed by atoms with E-state index in [1.165, 1.54) is 11.8 Å². The molecule has 1 saturated heterocycles. The van der Waals surface area contributed by atoms with Crippen molar-refractivity contribution < 1.29 is 13.2 Å². The molecule has 0 radical (unpaired) electrons. The Hall–Kier alpha value is -1.01. The van der Waals surface area contributed by atoms with Crippen molar-refractivity contribution >= 4 is 27.5 Å².